The fourth-order valence-electron chi connectivity index (χ4n) is 0.748. The Morgan fingerprint density at radius 2 is 2.38 bits per heavy atom. The lowest BCUT2D eigenvalue weighted by atomic mass is 10.3. The van der Waals surface area contributed by atoms with Crippen molar-refractivity contribution in [3.63, 3.8) is 0 Å². The average Bonchev–Trinajstić information content (AvgIpc) is 2.51. The van der Waals surface area contributed by atoms with Crippen LogP contribution in [0.25, 0.3) is 0 Å². The van der Waals surface area contributed by atoms with Gasteiger partial charge >= 0.3 is 5.97 Å². The topological polar surface area (TPSA) is 26.3 Å². The standard InChI is InChI=1S/C9H11BrO2S/c1-3-6(2)12-9(11)7-4-5-8(10)13-7/h4-6H,3H2,1-2H3. The van der Waals surface area contributed by atoms with Crippen molar-refractivity contribution < 1.29 is 9.53 Å². The Bertz CT molecular complexity index is 296. The number of hydrogen-bond acceptors (Lipinski definition) is 3. The number of ether oxygens (including phenoxy) is 1. The second kappa shape index (κ2) is 4.77. The van der Waals surface area contributed by atoms with Gasteiger partial charge in [-0.05, 0) is 41.4 Å². The van der Waals surface area contributed by atoms with E-state index in [0.29, 0.717) is 4.88 Å². The first kappa shape index (κ1) is 10.7. The van der Waals surface area contributed by atoms with E-state index in [-0.39, 0.29) is 12.1 Å². The van der Waals surface area contributed by atoms with Crippen LogP contribution >= 0.6 is 27.3 Å². The van der Waals surface area contributed by atoms with Gasteiger partial charge in [0.25, 0.3) is 0 Å². The molecule has 0 aliphatic carbocycles. The molecule has 0 bridgehead atoms. The van der Waals surface area contributed by atoms with E-state index >= 15 is 0 Å². The number of thiophene rings is 1. The minimum Gasteiger partial charge on any atom is -0.459 e. The summed E-state index contributed by atoms with van der Waals surface area (Å²) < 4.78 is 6.10. The first-order valence-electron chi connectivity index (χ1n) is 4.09. The van der Waals surface area contributed by atoms with Crippen LogP contribution in [0.5, 0.6) is 0 Å². The molecule has 0 aromatic carbocycles. The zero-order valence-electron chi connectivity index (χ0n) is 7.54. The van der Waals surface area contributed by atoms with Crippen molar-refractivity contribution in [3.05, 3.63) is 20.8 Å². The van der Waals surface area contributed by atoms with E-state index in [0.717, 1.165) is 10.2 Å². The smallest absolute Gasteiger partial charge is 0.348 e. The molecule has 1 aromatic heterocycles. The molecule has 0 radical (unpaired) electrons. The monoisotopic (exact) mass is 262 g/mol. The molecular weight excluding hydrogens is 252 g/mol. The van der Waals surface area contributed by atoms with Gasteiger partial charge in [0, 0.05) is 0 Å². The van der Waals surface area contributed by atoms with Crippen LogP contribution in [0.1, 0.15) is 29.9 Å². The Hall–Kier alpha value is -0.350. The Kier molecular flexibility index (Phi) is 3.93. The Labute approximate surface area is 90.0 Å². The molecule has 4 heteroatoms. The van der Waals surface area contributed by atoms with Gasteiger partial charge in [0.1, 0.15) is 4.88 Å². The summed E-state index contributed by atoms with van der Waals surface area (Å²) in [5, 5.41) is 0. The molecule has 0 spiro atoms. The third-order valence-corrected chi connectivity index (χ3v) is 3.26. The molecule has 2 nitrogen and oxygen atoms in total. The van der Waals surface area contributed by atoms with E-state index < -0.39 is 0 Å². The van der Waals surface area contributed by atoms with Gasteiger partial charge in [0.2, 0.25) is 0 Å². The largest absolute Gasteiger partial charge is 0.459 e. The predicted molar refractivity (Wildman–Crippen MR) is 57.2 cm³/mol. The van der Waals surface area contributed by atoms with Gasteiger partial charge in [-0.2, -0.15) is 0 Å². The lowest BCUT2D eigenvalue weighted by Crippen LogP contribution is -2.12. The van der Waals surface area contributed by atoms with E-state index in [1.165, 1.54) is 11.3 Å². The molecule has 0 N–H and O–H groups in total. The molecule has 1 unspecified atom stereocenters. The summed E-state index contributed by atoms with van der Waals surface area (Å²) in [4.78, 5) is 12.0. The summed E-state index contributed by atoms with van der Waals surface area (Å²) in [6.45, 7) is 3.88. The first-order valence-corrected chi connectivity index (χ1v) is 5.70. The van der Waals surface area contributed by atoms with Gasteiger partial charge in [-0.3, -0.25) is 0 Å². The molecule has 1 atom stereocenters. The zero-order valence-corrected chi connectivity index (χ0v) is 9.94. The van der Waals surface area contributed by atoms with Crippen LogP contribution in [-0.2, 0) is 4.74 Å². The Morgan fingerprint density at radius 3 is 2.85 bits per heavy atom. The second-order valence-corrected chi connectivity index (χ2v) is 5.19. The van der Waals surface area contributed by atoms with Crippen LogP contribution in [-0.4, -0.2) is 12.1 Å². The molecular formula is C9H11BrO2S. The highest BCUT2D eigenvalue weighted by Gasteiger charge is 2.12. The van der Waals surface area contributed by atoms with Gasteiger partial charge in [0.15, 0.2) is 0 Å². The van der Waals surface area contributed by atoms with Crippen LogP contribution in [0.4, 0.5) is 0 Å². The van der Waals surface area contributed by atoms with Crippen LogP contribution < -0.4 is 0 Å². The maximum absolute atomic E-state index is 11.4. The van der Waals surface area contributed by atoms with Gasteiger partial charge in [-0.15, -0.1) is 11.3 Å². The van der Waals surface area contributed by atoms with Crippen molar-refractivity contribution in [2.24, 2.45) is 0 Å². The van der Waals surface area contributed by atoms with E-state index in [4.69, 9.17) is 4.74 Å². The molecule has 0 saturated heterocycles. The third-order valence-electron chi connectivity index (χ3n) is 1.66. The average molecular weight is 263 g/mol. The first-order chi connectivity index (χ1) is 6.13. The number of halogens is 1. The highest BCUT2D eigenvalue weighted by molar-refractivity contribution is 9.11. The van der Waals surface area contributed by atoms with Gasteiger partial charge in [-0.25, -0.2) is 4.79 Å². The molecule has 13 heavy (non-hydrogen) atoms. The van der Waals surface area contributed by atoms with Crippen molar-refractivity contribution in [3.8, 4) is 0 Å². The lowest BCUT2D eigenvalue weighted by Gasteiger charge is -2.08. The maximum atomic E-state index is 11.4. The quantitative estimate of drug-likeness (QED) is 0.780. The van der Waals surface area contributed by atoms with Gasteiger partial charge < -0.3 is 4.74 Å². The fourth-order valence-corrected chi connectivity index (χ4v) is 2.02. The van der Waals surface area contributed by atoms with E-state index in [1.54, 1.807) is 6.07 Å². The summed E-state index contributed by atoms with van der Waals surface area (Å²) in [5.74, 6) is -0.231. The molecule has 1 aromatic rings. The number of carbonyl (C=O) groups excluding carboxylic acids is 1. The third kappa shape index (κ3) is 3.12. The molecule has 1 heterocycles. The summed E-state index contributed by atoms with van der Waals surface area (Å²) in [5.41, 5.74) is 0. The molecule has 0 amide bonds. The van der Waals surface area contributed by atoms with E-state index in [1.807, 2.05) is 19.9 Å². The van der Waals surface area contributed by atoms with Crippen molar-refractivity contribution in [2.75, 3.05) is 0 Å². The van der Waals surface area contributed by atoms with Crippen molar-refractivity contribution >= 4 is 33.2 Å². The van der Waals surface area contributed by atoms with Crippen molar-refractivity contribution in [2.45, 2.75) is 26.4 Å². The SMILES string of the molecule is CCC(C)OC(=O)c1ccc(Br)s1. The van der Waals surface area contributed by atoms with Crippen LogP contribution in [0.3, 0.4) is 0 Å². The number of rotatable bonds is 3. The fraction of sp³-hybridized carbons (Fsp3) is 0.444. The summed E-state index contributed by atoms with van der Waals surface area (Å²) >= 11 is 4.68. The highest BCUT2D eigenvalue weighted by atomic mass is 79.9. The zero-order chi connectivity index (χ0) is 9.84. The van der Waals surface area contributed by atoms with Crippen LogP contribution in [0.15, 0.2) is 15.9 Å². The van der Waals surface area contributed by atoms with Crippen molar-refractivity contribution in [1.29, 1.82) is 0 Å². The molecule has 0 saturated carbocycles. The summed E-state index contributed by atoms with van der Waals surface area (Å²) in [6.07, 6.45) is 0.839. The predicted octanol–water partition coefficient (Wildman–Crippen LogP) is 3.47. The highest BCUT2D eigenvalue weighted by Crippen LogP contribution is 2.23. The number of hydrogen-bond donors (Lipinski definition) is 0. The summed E-state index contributed by atoms with van der Waals surface area (Å²) in [7, 11) is 0. The number of carbonyl (C=O) groups is 1. The van der Waals surface area contributed by atoms with Crippen LogP contribution in [0, 0.1) is 0 Å². The van der Waals surface area contributed by atoms with Crippen molar-refractivity contribution in [1.82, 2.24) is 0 Å². The minimum absolute atomic E-state index is 0.00613. The second-order valence-electron chi connectivity index (χ2n) is 2.73. The maximum Gasteiger partial charge on any atom is 0.348 e. The molecule has 1 rings (SSSR count). The molecule has 0 aliphatic heterocycles. The molecule has 0 fully saturated rings. The van der Waals surface area contributed by atoms with Gasteiger partial charge in [0.05, 0.1) is 9.89 Å². The van der Waals surface area contributed by atoms with E-state index in [9.17, 15) is 4.79 Å². The molecule has 0 aliphatic rings. The normalized spacial score (nSPS) is 12.5. The lowest BCUT2D eigenvalue weighted by molar-refractivity contribution is 0.0340. The number of esters is 1. The Morgan fingerprint density at radius 1 is 1.69 bits per heavy atom. The molecule has 72 valence electrons. The minimum atomic E-state index is -0.231. The van der Waals surface area contributed by atoms with Gasteiger partial charge in [-0.1, -0.05) is 6.92 Å². The van der Waals surface area contributed by atoms with Crippen LogP contribution in [0.2, 0.25) is 0 Å². The van der Waals surface area contributed by atoms with E-state index in [2.05, 4.69) is 15.9 Å². The Balaban J connectivity index is 2.58. The summed E-state index contributed by atoms with van der Waals surface area (Å²) in [6, 6.07) is 3.61.